The number of anilines is 1. The van der Waals surface area contributed by atoms with Crippen molar-refractivity contribution in [1.29, 1.82) is 0 Å². The molecule has 0 fully saturated rings. The number of carbonyl (C=O) groups excluding carboxylic acids is 1. The van der Waals surface area contributed by atoms with E-state index in [9.17, 15) is 14.9 Å². The Hall–Kier alpha value is -2.54. The minimum absolute atomic E-state index is 0.0982. The lowest BCUT2D eigenvalue weighted by atomic mass is 9.92. The standard InChI is InChI=1S/C21H27N3O3S/c1-14(2)13-21(4,5)22-20(25)16-8-11-19(18(12-16)24(26)27)28-23-17-9-6-15(3)7-10-17/h6-12,14,23H,13H2,1-5H3,(H,22,25). The topological polar surface area (TPSA) is 84.3 Å². The Bertz CT molecular complexity index is 848. The second-order valence-corrected chi connectivity index (χ2v) is 8.79. The van der Waals surface area contributed by atoms with Crippen LogP contribution in [-0.4, -0.2) is 16.4 Å². The quantitative estimate of drug-likeness (QED) is 0.343. The van der Waals surface area contributed by atoms with Gasteiger partial charge in [0.1, 0.15) is 4.90 Å². The number of aryl methyl sites for hydroxylation is 1. The van der Waals surface area contributed by atoms with Gasteiger partial charge in [-0.2, -0.15) is 0 Å². The smallest absolute Gasteiger partial charge is 0.285 e. The molecule has 0 saturated heterocycles. The predicted molar refractivity (Wildman–Crippen MR) is 115 cm³/mol. The Kier molecular flexibility index (Phi) is 7.07. The molecule has 2 N–H and O–H groups in total. The molecule has 0 saturated carbocycles. The van der Waals surface area contributed by atoms with Crippen LogP contribution in [0.25, 0.3) is 0 Å². The molecule has 6 nitrogen and oxygen atoms in total. The van der Waals surface area contributed by atoms with Crippen molar-refractivity contribution >= 4 is 29.2 Å². The van der Waals surface area contributed by atoms with Crippen molar-refractivity contribution in [2.75, 3.05) is 4.72 Å². The Morgan fingerprint density at radius 3 is 2.39 bits per heavy atom. The van der Waals surface area contributed by atoms with Crippen LogP contribution in [0.15, 0.2) is 47.4 Å². The maximum atomic E-state index is 12.6. The lowest BCUT2D eigenvalue weighted by molar-refractivity contribution is -0.387. The summed E-state index contributed by atoms with van der Waals surface area (Å²) in [7, 11) is 0. The number of nitro groups is 1. The normalized spacial score (nSPS) is 11.4. The van der Waals surface area contributed by atoms with E-state index in [0.717, 1.165) is 29.6 Å². The fraction of sp³-hybridized carbons (Fsp3) is 0.381. The highest BCUT2D eigenvalue weighted by molar-refractivity contribution is 8.00. The summed E-state index contributed by atoms with van der Waals surface area (Å²) in [5.41, 5.74) is 1.78. The molecule has 0 spiro atoms. The molecule has 0 atom stereocenters. The lowest BCUT2D eigenvalue weighted by Crippen LogP contribution is -2.44. The molecule has 0 radical (unpaired) electrons. The molecule has 0 aliphatic carbocycles. The molecule has 1 amide bonds. The first kappa shape index (κ1) is 21.8. The van der Waals surface area contributed by atoms with Gasteiger partial charge in [-0.05, 0) is 69.3 Å². The predicted octanol–water partition coefficient (Wildman–Crippen LogP) is 5.58. The fourth-order valence-electron chi connectivity index (χ4n) is 3.07. The van der Waals surface area contributed by atoms with Gasteiger partial charge in [0.2, 0.25) is 0 Å². The van der Waals surface area contributed by atoms with Gasteiger partial charge < -0.3 is 10.0 Å². The van der Waals surface area contributed by atoms with Crippen molar-refractivity contribution in [3.05, 3.63) is 63.7 Å². The van der Waals surface area contributed by atoms with E-state index in [1.165, 1.54) is 6.07 Å². The van der Waals surface area contributed by atoms with E-state index in [2.05, 4.69) is 23.9 Å². The van der Waals surface area contributed by atoms with Crippen LogP contribution in [-0.2, 0) is 0 Å². The van der Waals surface area contributed by atoms with Gasteiger partial charge in [-0.25, -0.2) is 0 Å². The van der Waals surface area contributed by atoms with Crippen molar-refractivity contribution in [2.45, 2.75) is 51.5 Å². The highest BCUT2D eigenvalue weighted by Crippen LogP contribution is 2.31. The van der Waals surface area contributed by atoms with E-state index < -0.39 is 4.92 Å². The number of nitro benzene ring substituents is 1. The summed E-state index contributed by atoms with van der Waals surface area (Å²) in [5, 5.41) is 14.5. The first-order valence-electron chi connectivity index (χ1n) is 9.18. The average molecular weight is 402 g/mol. The summed E-state index contributed by atoms with van der Waals surface area (Å²) >= 11 is 1.15. The van der Waals surface area contributed by atoms with Crippen molar-refractivity contribution < 1.29 is 9.72 Å². The number of nitrogens with zero attached hydrogens (tertiary/aromatic N) is 1. The molecule has 150 valence electrons. The molecule has 0 bridgehead atoms. The van der Waals surface area contributed by atoms with Crippen LogP contribution >= 0.6 is 11.9 Å². The number of carbonyl (C=O) groups is 1. The minimum Gasteiger partial charge on any atom is -0.347 e. The Balaban J connectivity index is 2.16. The molecule has 2 aromatic rings. The largest absolute Gasteiger partial charge is 0.347 e. The van der Waals surface area contributed by atoms with E-state index in [-0.39, 0.29) is 22.7 Å². The summed E-state index contributed by atoms with van der Waals surface area (Å²) in [4.78, 5) is 24.1. The van der Waals surface area contributed by atoms with Gasteiger partial charge in [0.25, 0.3) is 11.6 Å². The Morgan fingerprint density at radius 1 is 1.18 bits per heavy atom. The summed E-state index contributed by atoms with van der Waals surface area (Å²) in [6.45, 7) is 10.1. The third-order valence-electron chi connectivity index (χ3n) is 4.12. The Morgan fingerprint density at radius 2 is 1.82 bits per heavy atom. The third-order valence-corrected chi connectivity index (χ3v) is 5.02. The molecular formula is C21H27N3O3S. The van der Waals surface area contributed by atoms with E-state index in [1.54, 1.807) is 12.1 Å². The summed E-state index contributed by atoms with van der Waals surface area (Å²) in [5.74, 6) is 0.119. The highest BCUT2D eigenvalue weighted by Gasteiger charge is 2.24. The second-order valence-electron chi connectivity index (χ2n) is 7.95. The first-order chi connectivity index (χ1) is 13.1. The SMILES string of the molecule is Cc1ccc(NSc2ccc(C(=O)NC(C)(C)CC(C)C)cc2[N+](=O)[O-])cc1. The monoisotopic (exact) mass is 401 g/mol. The molecule has 0 aliphatic rings. The summed E-state index contributed by atoms with van der Waals surface area (Å²) in [6, 6.07) is 12.3. The molecule has 0 heterocycles. The molecule has 0 aromatic heterocycles. The molecule has 0 aliphatic heterocycles. The second kappa shape index (κ2) is 9.10. The molecule has 7 heteroatoms. The minimum atomic E-state index is -0.463. The first-order valence-corrected chi connectivity index (χ1v) is 9.99. The van der Waals surface area contributed by atoms with Crippen LogP contribution in [0.1, 0.15) is 50.0 Å². The lowest BCUT2D eigenvalue weighted by Gasteiger charge is -2.28. The third kappa shape index (κ3) is 6.27. The van der Waals surface area contributed by atoms with Gasteiger partial charge in [-0.15, -0.1) is 0 Å². The number of amides is 1. The zero-order valence-corrected chi connectivity index (χ0v) is 17.7. The Labute approximate surface area is 170 Å². The highest BCUT2D eigenvalue weighted by atomic mass is 32.2. The van der Waals surface area contributed by atoms with Crippen molar-refractivity contribution in [3.63, 3.8) is 0 Å². The zero-order chi connectivity index (χ0) is 20.9. The van der Waals surface area contributed by atoms with E-state index in [1.807, 2.05) is 45.0 Å². The van der Waals surface area contributed by atoms with Crippen molar-refractivity contribution in [1.82, 2.24) is 5.32 Å². The number of benzene rings is 2. The van der Waals surface area contributed by atoms with Crippen LogP contribution in [0.5, 0.6) is 0 Å². The molecule has 2 rings (SSSR count). The van der Waals surface area contributed by atoms with Crippen molar-refractivity contribution in [3.8, 4) is 0 Å². The maximum absolute atomic E-state index is 12.6. The number of nitrogens with one attached hydrogen (secondary N) is 2. The van der Waals surface area contributed by atoms with Gasteiger partial charge in [0, 0.05) is 22.9 Å². The maximum Gasteiger partial charge on any atom is 0.285 e. The zero-order valence-electron chi connectivity index (χ0n) is 16.9. The van der Waals surface area contributed by atoms with Gasteiger partial charge in [0.05, 0.1) is 4.92 Å². The van der Waals surface area contributed by atoms with Gasteiger partial charge >= 0.3 is 0 Å². The molecule has 0 unspecified atom stereocenters. The number of hydrogen-bond acceptors (Lipinski definition) is 5. The fourth-order valence-corrected chi connectivity index (χ4v) is 3.81. The van der Waals surface area contributed by atoms with Crippen LogP contribution < -0.4 is 10.0 Å². The molecule has 2 aromatic carbocycles. The number of hydrogen-bond donors (Lipinski definition) is 2. The van der Waals surface area contributed by atoms with Crippen LogP contribution in [0.3, 0.4) is 0 Å². The summed E-state index contributed by atoms with van der Waals surface area (Å²) < 4.78 is 3.10. The van der Waals surface area contributed by atoms with Crippen LogP contribution in [0, 0.1) is 23.0 Å². The average Bonchev–Trinajstić information content (AvgIpc) is 2.59. The van der Waals surface area contributed by atoms with Gasteiger partial charge in [-0.1, -0.05) is 31.5 Å². The van der Waals surface area contributed by atoms with E-state index >= 15 is 0 Å². The molecular weight excluding hydrogens is 374 g/mol. The summed E-state index contributed by atoms with van der Waals surface area (Å²) in [6.07, 6.45) is 0.815. The number of rotatable bonds is 8. The van der Waals surface area contributed by atoms with E-state index in [0.29, 0.717) is 10.8 Å². The van der Waals surface area contributed by atoms with Gasteiger partial charge in [-0.3, -0.25) is 14.9 Å². The van der Waals surface area contributed by atoms with Crippen LogP contribution in [0.2, 0.25) is 0 Å². The van der Waals surface area contributed by atoms with Crippen molar-refractivity contribution in [2.24, 2.45) is 5.92 Å². The van der Waals surface area contributed by atoms with Gasteiger partial charge in [0.15, 0.2) is 0 Å². The van der Waals surface area contributed by atoms with Crippen LogP contribution in [0.4, 0.5) is 11.4 Å². The molecule has 28 heavy (non-hydrogen) atoms. The van der Waals surface area contributed by atoms with E-state index in [4.69, 9.17) is 0 Å².